The number of halogens is 1. The molecule has 4 rings (SSSR count). The van der Waals surface area contributed by atoms with Crippen LogP contribution in [0.2, 0.25) is 0 Å². The summed E-state index contributed by atoms with van der Waals surface area (Å²) in [4.78, 5) is 18.4. The minimum Gasteiger partial charge on any atom is -0.492 e. The van der Waals surface area contributed by atoms with Gasteiger partial charge in [-0.1, -0.05) is 30.3 Å². The van der Waals surface area contributed by atoms with Gasteiger partial charge in [0.2, 0.25) is 5.91 Å². The normalized spacial score (nSPS) is 16.2. The zero-order chi connectivity index (χ0) is 22.5. The van der Waals surface area contributed by atoms with E-state index in [1.54, 1.807) is 0 Å². The average molecular weight is 452 g/mol. The second-order valence-corrected chi connectivity index (χ2v) is 9.06. The van der Waals surface area contributed by atoms with Crippen molar-refractivity contribution in [2.75, 3.05) is 26.2 Å². The molecule has 0 aliphatic carbocycles. The quantitative estimate of drug-likeness (QED) is 0.506. The van der Waals surface area contributed by atoms with Gasteiger partial charge in [-0.15, -0.1) is 11.6 Å². The van der Waals surface area contributed by atoms with E-state index in [0.29, 0.717) is 12.5 Å². The molecule has 0 spiro atoms. The van der Waals surface area contributed by atoms with Crippen molar-refractivity contribution >= 4 is 28.4 Å². The first-order valence-corrected chi connectivity index (χ1v) is 11.7. The van der Waals surface area contributed by atoms with Gasteiger partial charge in [0.05, 0.1) is 5.52 Å². The van der Waals surface area contributed by atoms with Gasteiger partial charge in [0.25, 0.3) is 0 Å². The summed E-state index contributed by atoms with van der Waals surface area (Å²) in [6, 6.07) is 18.1. The highest BCUT2D eigenvalue weighted by atomic mass is 35.5. The highest BCUT2D eigenvalue weighted by Crippen LogP contribution is 2.26. The van der Waals surface area contributed by atoms with Crippen LogP contribution in [-0.4, -0.2) is 42.0 Å². The van der Waals surface area contributed by atoms with E-state index in [9.17, 15) is 4.79 Å². The first-order chi connectivity index (χ1) is 15.5. The molecule has 1 saturated heterocycles. The summed E-state index contributed by atoms with van der Waals surface area (Å²) >= 11 is 6.11. The first kappa shape index (κ1) is 22.6. The van der Waals surface area contributed by atoms with E-state index in [-0.39, 0.29) is 0 Å². The summed E-state index contributed by atoms with van der Waals surface area (Å²) < 4.78 is 6.11. The van der Waals surface area contributed by atoms with Crippen molar-refractivity contribution in [3.63, 3.8) is 0 Å². The SMILES string of the molecule is Cc1ccc2c(OCCN3CCC(Cc4cccc(C(Cl)C(N)=O)c4)CC3)cccc2n1. The van der Waals surface area contributed by atoms with Crippen LogP contribution in [0, 0.1) is 12.8 Å². The number of ether oxygens (including phenoxy) is 1. The zero-order valence-electron chi connectivity index (χ0n) is 18.5. The molecule has 32 heavy (non-hydrogen) atoms. The predicted molar refractivity (Wildman–Crippen MR) is 129 cm³/mol. The number of nitrogens with two attached hydrogens (primary N) is 1. The molecule has 1 amide bonds. The number of alkyl halides is 1. The summed E-state index contributed by atoms with van der Waals surface area (Å²) in [5, 5.41) is 0.299. The van der Waals surface area contributed by atoms with Crippen LogP contribution in [0.25, 0.3) is 10.9 Å². The smallest absolute Gasteiger partial charge is 0.240 e. The van der Waals surface area contributed by atoms with Gasteiger partial charge in [-0.05, 0) is 80.6 Å². The van der Waals surface area contributed by atoms with Crippen LogP contribution in [0.3, 0.4) is 0 Å². The number of amides is 1. The molecule has 2 aromatic carbocycles. The van der Waals surface area contributed by atoms with E-state index in [1.807, 2.05) is 49.4 Å². The number of pyridine rings is 1. The fourth-order valence-electron chi connectivity index (χ4n) is 4.43. The summed E-state index contributed by atoms with van der Waals surface area (Å²) in [5.41, 5.74) is 9.33. The van der Waals surface area contributed by atoms with Gasteiger partial charge in [0.15, 0.2) is 0 Å². The molecule has 2 N–H and O–H groups in total. The minimum absolute atomic E-state index is 0.505. The summed E-state index contributed by atoms with van der Waals surface area (Å²) in [7, 11) is 0. The highest BCUT2D eigenvalue weighted by molar-refractivity contribution is 6.30. The fourth-order valence-corrected chi connectivity index (χ4v) is 4.56. The van der Waals surface area contributed by atoms with Gasteiger partial charge in [0, 0.05) is 17.6 Å². The Balaban J connectivity index is 1.25. The Bertz CT molecular complexity index is 1080. The Morgan fingerprint density at radius 1 is 1.19 bits per heavy atom. The number of likely N-dealkylation sites (tertiary alicyclic amines) is 1. The third-order valence-electron chi connectivity index (χ3n) is 6.22. The Morgan fingerprint density at radius 2 is 1.97 bits per heavy atom. The number of fused-ring (bicyclic) bond motifs is 1. The molecule has 1 fully saturated rings. The van der Waals surface area contributed by atoms with Crippen LogP contribution in [-0.2, 0) is 11.2 Å². The molecule has 1 unspecified atom stereocenters. The number of carbonyl (C=O) groups excluding carboxylic acids is 1. The van der Waals surface area contributed by atoms with E-state index < -0.39 is 11.3 Å². The van der Waals surface area contributed by atoms with Crippen LogP contribution >= 0.6 is 11.6 Å². The van der Waals surface area contributed by atoms with Crippen LogP contribution in [0.15, 0.2) is 54.6 Å². The molecule has 1 atom stereocenters. The Morgan fingerprint density at radius 3 is 2.75 bits per heavy atom. The number of piperidine rings is 1. The third kappa shape index (κ3) is 5.59. The molecule has 2 heterocycles. The van der Waals surface area contributed by atoms with Crippen molar-refractivity contribution < 1.29 is 9.53 Å². The van der Waals surface area contributed by atoms with Crippen LogP contribution in [0.1, 0.15) is 35.0 Å². The maximum atomic E-state index is 11.4. The van der Waals surface area contributed by atoms with Gasteiger partial charge < -0.3 is 10.5 Å². The lowest BCUT2D eigenvalue weighted by molar-refractivity contribution is -0.117. The molecule has 0 radical (unpaired) electrons. The molecule has 1 aliphatic rings. The Labute approximate surface area is 194 Å². The summed E-state index contributed by atoms with van der Waals surface area (Å²) in [5.74, 6) is 1.03. The van der Waals surface area contributed by atoms with Crippen LogP contribution in [0.5, 0.6) is 5.75 Å². The van der Waals surface area contributed by atoms with Gasteiger partial charge in [-0.25, -0.2) is 0 Å². The lowest BCUT2D eigenvalue weighted by Gasteiger charge is -2.32. The molecule has 168 valence electrons. The monoisotopic (exact) mass is 451 g/mol. The standard InChI is InChI=1S/C26H30ClN3O2/c1-18-8-9-22-23(29-18)6-3-7-24(22)32-15-14-30-12-10-19(11-13-30)16-20-4-2-5-21(17-20)25(27)26(28)31/h2-9,17,19,25H,10-16H2,1H3,(H2,28,31). The van der Waals surface area contributed by atoms with Gasteiger partial charge in [-0.3, -0.25) is 14.7 Å². The molecule has 1 aliphatic heterocycles. The zero-order valence-corrected chi connectivity index (χ0v) is 19.2. The summed E-state index contributed by atoms with van der Waals surface area (Å²) in [6.45, 7) is 5.74. The van der Waals surface area contributed by atoms with Crippen molar-refractivity contribution in [2.45, 2.75) is 31.6 Å². The van der Waals surface area contributed by atoms with Crippen molar-refractivity contribution in [3.05, 3.63) is 71.4 Å². The van der Waals surface area contributed by atoms with Crippen molar-refractivity contribution in [1.82, 2.24) is 9.88 Å². The average Bonchev–Trinajstić information content (AvgIpc) is 2.79. The molecule has 0 saturated carbocycles. The van der Waals surface area contributed by atoms with Crippen LogP contribution in [0.4, 0.5) is 0 Å². The number of hydrogen-bond donors (Lipinski definition) is 1. The number of primary amides is 1. The maximum Gasteiger partial charge on any atom is 0.240 e. The number of rotatable bonds is 8. The van der Waals surface area contributed by atoms with Gasteiger partial charge in [-0.2, -0.15) is 0 Å². The summed E-state index contributed by atoms with van der Waals surface area (Å²) in [6.07, 6.45) is 3.31. The maximum absolute atomic E-state index is 11.4. The largest absolute Gasteiger partial charge is 0.492 e. The van der Waals surface area contributed by atoms with Gasteiger partial charge in [0.1, 0.15) is 17.7 Å². The minimum atomic E-state index is -0.765. The van der Waals surface area contributed by atoms with E-state index in [1.165, 1.54) is 5.56 Å². The lowest BCUT2D eigenvalue weighted by Crippen LogP contribution is -2.37. The number of aromatic nitrogens is 1. The van der Waals surface area contributed by atoms with Crippen molar-refractivity contribution in [1.29, 1.82) is 0 Å². The number of carbonyl (C=O) groups is 1. The lowest BCUT2D eigenvalue weighted by atomic mass is 9.89. The number of aryl methyl sites for hydroxylation is 1. The second kappa shape index (κ2) is 10.3. The number of benzene rings is 2. The predicted octanol–water partition coefficient (Wildman–Crippen LogP) is 4.64. The van der Waals surface area contributed by atoms with Gasteiger partial charge >= 0.3 is 0 Å². The molecule has 1 aromatic heterocycles. The molecular formula is C26H30ClN3O2. The number of hydrogen-bond acceptors (Lipinski definition) is 4. The van der Waals surface area contributed by atoms with Crippen LogP contribution < -0.4 is 10.5 Å². The molecule has 3 aromatic rings. The molecule has 5 nitrogen and oxygen atoms in total. The molecule has 0 bridgehead atoms. The molecular weight excluding hydrogens is 422 g/mol. The molecule has 6 heteroatoms. The highest BCUT2D eigenvalue weighted by Gasteiger charge is 2.20. The van der Waals surface area contributed by atoms with Crippen molar-refractivity contribution in [2.24, 2.45) is 11.7 Å². The Kier molecular flexibility index (Phi) is 7.28. The third-order valence-corrected chi connectivity index (χ3v) is 6.69. The Hall–Kier alpha value is -2.63. The van der Waals surface area contributed by atoms with E-state index >= 15 is 0 Å². The first-order valence-electron chi connectivity index (χ1n) is 11.2. The number of nitrogens with zero attached hydrogens (tertiary/aromatic N) is 2. The van der Waals surface area contributed by atoms with Crippen molar-refractivity contribution in [3.8, 4) is 5.75 Å². The fraction of sp³-hybridized carbons (Fsp3) is 0.385. The second-order valence-electron chi connectivity index (χ2n) is 8.62. The van der Waals surface area contributed by atoms with E-state index in [0.717, 1.165) is 66.8 Å². The van der Waals surface area contributed by atoms with E-state index in [4.69, 9.17) is 22.1 Å². The van der Waals surface area contributed by atoms with E-state index in [2.05, 4.69) is 22.0 Å². The topological polar surface area (TPSA) is 68.5 Å².